The summed E-state index contributed by atoms with van der Waals surface area (Å²) in [6.45, 7) is 4.28. The fourth-order valence-electron chi connectivity index (χ4n) is 1.33. The number of aryl methyl sites for hydroxylation is 1. The first-order chi connectivity index (χ1) is 7.69. The Hall–Kier alpha value is -2.11. The van der Waals surface area contributed by atoms with Gasteiger partial charge in [0.15, 0.2) is 5.82 Å². The van der Waals surface area contributed by atoms with E-state index >= 15 is 0 Å². The molecular formula is C10H13N5O. The number of hydrogen-bond acceptors (Lipinski definition) is 5. The van der Waals surface area contributed by atoms with Crippen molar-refractivity contribution in [2.75, 3.05) is 12.3 Å². The molecule has 0 saturated carbocycles. The fraction of sp³-hybridized carbons (Fsp3) is 0.300. The van der Waals surface area contributed by atoms with E-state index in [0.29, 0.717) is 29.8 Å². The van der Waals surface area contributed by atoms with Gasteiger partial charge in [-0.25, -0.2) is 9.67 Å². The second kappa shape index (κ2) is 4.18. The van der Waals surface area contributed by atoms with Crippen LogP contribution in [-0.4, -0.2) is 26.4 Å². The molecule has 0 saturated heterocycles. The van der Waals surface area contributed by atoms with Crippen molar-refractivity contribution in [3.8, 4) is 11.7 Å². The highest BCUT2D eigenvalue weighted by atomic mass is 16.5. The van der Waals surface area contributed by atoms with Crippen molar-refractivity contribution in [1.82, 2.24) is 19.7 Å². The summed E-state index contributed by atoms with van der Waals surface area (Å²) in [6, 6.07) is 1.73. The summed E-state index contributed by atoms with van der Waals surface area (Å²) in [6.07, 6.45) is 3.26. The lowest BCUT2D eigenvalue weighted by atomic mass is 10.5. The van der Waals surface area contributed by atoms with Crippen LogP contribution in [0.15, 0.2) is 18.5 Å². The van der Waals surface area contributed by atoms with Crippen molar-refractivity contribution >= 4 is 5.69 Å². The quantitative estimate of drug-likeness (QED) is 0.831. The molecule has 0 bridgehead atoms. The van der Waals surface area contributed by atoms with Gasteiger partial charge in [0.25, 0.3) is 0 Å². The van der Waals surface area contributed by atoms with Crippen LogP contribution in [0, 0.1) is 6.92 Å². The van der Waals surface area contributed by atoms with Gasteiger partial charge in [0.2, 0.25) is 5.88 Å². The van der Waals surface area contributed by atoms with Gasteiger partial charge in [-0.1, -0.05) is 0 Å². The first-order valence-electron chi connectivity index (χ1n) is 4.98. The van der Waals surface area contributed by atoms with Gasteiger partial charge < -0.3 is 10.5 Å². The molecule has 0 aromatic carbocycles. The van der Waals surface area contributed by atoms with Crippen LogP contribution in [0.3, 0.4) is 0 Å². The molecule has 16 heavy (non-hydrogen) atoms. The van der Waals surface area contributed by atoms with Crippen molar-refractivity contribution < 1.29 is 4.74 Å². The van der Waals surface area contributed by atoms with Gasteiger partial charge >= 0.3 is 0 Å². The number of anilines is 1. The molecule has 0 atom stereocenters. The van der Waals surface area contributed by atoms with Crippen LogP contribution in [0.25, 0.3) is 5.82 Å². The highest BCUT2D eigenvalue weighted by molar-refractivity contribution is 5.36. The molecule has 0 aliphatic carbocycles. The van der Waals surface area contributed by atoms with Crippen LogP contribution in [0.5, 0.6) is 5.88 Å². The third-order valence-electron chi connectivity index (χ3n) is 1.93. The Morgan fingerprint density at radius 3 is 2.88 bits per heavy atom. The third kappa shape index (κ3) is 2.10. The topological polar surface area (TPSA) is 78.9 Å². The summed E-state index contributed by atoms with van der Waals surface area (Å²) in [7, 11) is 0. The highest BCUT2D eigenvalue weighted by Crippen LogP contribution is 2.13. The molecule has 6 nitrogen and oxygen atoms in total. The van der Waals surface area contributed by atoms with Crippen LogP contribution < -0.4 is 10.5 Å². The van der Waals surface area contributed by atoms with Gasteiger partial charge in [-0.15, -0.1) is 0 Å². The standard InChI is InChI=1S/C10H13N5O/c1-3-16-10-4-9(13-7(2)14-10)15-6-8(11)5-12-15/h4-6H,3,11H2,1-2H3. The second-order valence-corrected chi connectivity index (χ2v) is 3.26. The maximum Gasteiger partial charge on any atom is 0.218 e. The number of hydrogen-bond donors (Lipinski definition) is 1. The second-order valence-electron chi connectivity index (χ2n) is 3.26. The molecule has 2 heterocycles. The summed E-state index contributed by atoms with van der Waals surface area (Å²) >= 11 is 0. The molecule has 2 rings (SSSR count). The van der Waals surface area contributed by atoms with Crippen LogP contribution in [0.2, 0.25) is 0 Å². The van der Waals surface area contributed by atoms with E-state index in [1.165, 1.54) is 0 Å². The Morgan fingerprint density at radius 1 is 1.44 bits per heavy atom. The smallest absolute Gasteiger partial charge is 0.218 e. The lowest BCUT2D eigenvalue weighted by Gasteiger charge is -2.05. The summed E-state index contributed by atoms with van der Waals surface area (Å²) in [5.41, 5.74) is 6.18. The van der Waals surface area contributed by atoms with E-state index in [2.05, 4.69) is 15.1 Å². The first kappa shape index (κ1) is 10.4. The van der Waals surface area contributed by atoms with Crippen molar-refractivity contribution in [1.29, 1.82) is 0 Å². The number of nitrogens with two attached hydrogens (primary N) is 1. The van der Waals surface area contributed by atoms with E-state index in [1.54, 1.807) is 30.1 Å². The lowest BCUT2D eigenvalue weighted by molar-refractivity contribution is 0.325. The van der Waals surface area contributed by atoms with Gasteiger partial charge in [0.05, 0.1) is 24.7 Å². The maximum atomic E-state index is 5.59. The van der Waals surface area contributed by atoms with E-state index in [0.717, 1.165) is 0 Å². The van der Waals surface area contributed by atoms with Gasteiger partial charge in [0, 0.05) is 6.07 Å². The molecule has 0 aliphatic rings. The molecule has 6 heteroatoms. The van der Waals surface area contributed by atoms with Crippen molar-refractivity contribution in [2.24, 2.45) is 0 Å². The molecule has 0 unspecified atom stereocenters. The van der Waals surface area contributed by atoms with Crippen molar-refractivity contribution in [2.45, 2.75) is 13.8 Å². The Morgan fingerprint density at radius 2 is 2.25 bits per heavy atom. The number of ether oxygens (including phenoxy) is 1. The molecule has 0 aliphatic heterocycles. The molecule has 0 spiro atoms. The molecule has 0 radical (unpaired) electrons. The average Bonchev–Trinajstić information content (AvgIpc) is 2.64. The average molecular weight is 219 g/mol. The Bertz CT molecular complexity index is 494. The predicted octanol–water partition coefficient (Wildman–Crippen LogP) is 0.952. The zero-order chi connectivity index (χ0) is 11.5. The minimum atomic E-state index is 0.541. The fourth-order valence-corrected chi connectivity index (χ4v) is 1.33. The summed E-state index contributed by atoms with van der Waals surface area (Å²) in [4.78, 5) is 8.40. The van der Waals surface area contributed by atoms with Gasteiger partial charge in [-0.3, -0.25) is 0 Å². The van der Waals surface area contributed by atoms with Gasteiger partial charge in [-0.05, 0) is 13.8 Å². The normalized spacial score (nSPS) is 10.4. The molecule has 2 N–H and O–H groups in total. The summed E-state index contributed by atoms with van der Waals surface area (Å²) in [5.74, 6) is 1.82. The number of aromatic nitrogens is 4. The molecule has 2 aromatic rings. The molecule has 84 valence electrons. The van der Waals surface area contributed by atoms with Gasteiger partial charge in [-0.2, -0.15) is 10.1 Å². The molecular weight excluding hydrogens is 206 g/mol. The molecule has 0 amide bonds. The number of nitrogens with zero attached hydrogens (tertiary/aromatic N) is 4. The third-order valence-corrected chi connectivity index (χ3v) is 1.93. The first-order valence-corrected chi connectivity index (χ1v) is 4.98. The molecule has 0 fully saturated rings. The Balaban J connectivity index is 2.40. The minimum Gasteiger partial charge on any atom is -0.478 e. The maximum absolute atomic E-state index is 5.59. The Kier molecular flexibility index (Phi) is 2.72. The van der Waals surface area contributed by atoms with E-state index in [1.807, 2.05) is 6.92 Å². The van der Waals surface area contributed by atoms with E-state index in [9.17, 15) is 0 Å². The number of nitrogen functional groups attached to an aromatic ring is 1. The zero-order valence-corrected chi connectivity index (χ0v) is 9.21. The van der Waals surface area contributed by atoms with Crippen molar-refractivity contribution in [3.05, 3.63) is 24.3 Å². The lowest BCUT2D eigenvalue weighted by Crippen LogP contribution is -2.04. The highest BCUT2D eigenvalue weighted by Gasteiger charge is 2.05. The number of rotatable bonds is 3. The summed E-state index contributed by atoms with van der Waals surface area (Å²) in [5, 5.41) is 4.07. The van der Waals surface area contributed by atoms with Gasteiger partial charge in [0.1, 0.15) is 5.82 Å². The van der Waals surface area contributed by atoms with Crippen LogP contribution >= 0.6 is 0 Å². The largest absolute Gasteiger partial charge is 0.478 e. The van der Waals surface area contributed by atoms with Crippen molar-refractivity contribution in [3.63, 3.8) is 0 Å². The monoisotopic (exact) mass is 219 g/mol. The minimum absolute atomic E-state index is 0.541. The van der Waals surface area contributed by atoms with Crippen LogP contribution in [0.1, 0.15) is 12.7 Å². The zero-order valence-electron chi connectivity index (χ0n) is 9.21. The van der Waals surface area contributed by atoms with E-state index < -0.39 is 0 Å². The Labute approximate surface area is 93.1 Å². The SMILES string of the molecule is CCOc1cc(-n2cc(N)cn2)nc(C)n1. The van der Waals surface area contributed by atoms with E-state index in [-0.39, 0.29) is 0 Å². The summed E-state index contributed by atoms with van der Waals surface area (Å²) < 4.78 is 6.92. The van der Waals surface area contributed by atoms with Crippen LogP contribution in [0.4, 0.5) is 5.69 Å². The van der Waals surface area contributed by atoms with Crippen LogP contribution in [-0.2, 0) is 0 Å². The molecule has 2 aromatic heterocycles. The predicted molar refractivity (Wildman–Crippen MR) is 59.5 cm³/mol. The van der Waals surface area contributed by atoms with E-state index in [4.69, 9.17) is 10.5 Å².